The number of anilines is 1. The van der Waals surface area contributed by atoms with Gasteiger partial charge in [-0.2, -0.15) is 0 Å². The molecule has 0 amide bonds. The zero-order chi connectivity index (χ0) is 24.2. The van der Waals surface area contributed by atoms with Gasteiger partial charge < -0.3 is 15.0 Å². The van der Waals surface area contributed by atoms with Crippen molar-refractivity contribution in [2.24, 2.45) is 0 Å². The normalized spacial score (nSPS) is 14.2. The zero-order valence-corrected chi connectivity index (χ0v) is 21.3. The minimum Gasteiger partial charge on any atom is -0.465 e. The summed E-state index contributed by atoms with van der Waals surface area (Å²) in [5.74, 6) is -0.727. The molecule has 0 spiro atoms. The molecule has 1 N–H and O–H groups in total. The Morgan fingerprint density at radius 1 is 1.18 bits per heavy atom. The molecular weight excluding hydrogens is 493 g/mol. The Balaban J connectivity index is 1.45. The lowest BCUT2D eigenvalue weighted by Gasteiger charge is -2.36. The maximum Gasteiger partial charge on any atom is 0.341 e. The van der Waals surface area contributed by atoms with Crippen molar-refractivity contribution in [1.82, 2.24) is 9.80 Å². The van der Waals surface area contributed by atoms with Crippen LogP contribution in [0.4, 0.5) is 9.39 Å². The Morgan fingerprint density at radius 3 is 2.53 bits per heavy atom. The number of carbonyl (C=O) groups excluding carboxylic acids is 1. The highest BCUT2D eigenvalue weighted by atomic mass is 35.5. The largest absolute Gasteiger partial charge is 0.465 e. The van der Waals surface area contributed by atoms with E-state index in [9.17, 15) is 9.18 Å². The van der Waals surface area contributed by atoms with Crippen molar-refractivity contribution in [2.45, 2.75) is 13.5 Å². The van der Waals surface area contributed by atoms with E-state index in [4.69, 9.17) is 28.6 Å². The van der Waals surface area contributed by atoms with Crippen molar-refractivity contribution in [3.05, 3.63) is 75.4 Å². The minimum absolute atomic E-state index is 0.333. The van der Waals surface area contributed by atoms with Gasteiger partial charge in [-0.25, -0.2) is 9.18 Å². The van der Waals surface area contributed by atoms with Gasteiger partial charge in [-0.1, -0.05) is 48.0 Å². The topological polar surface area (TPSA) is 44.8 Å². The lowest BCUT2D eigenvalue weighted by molar-refractivity contribution is 0.0603. The minimum atomic E-state index is -0.394. The molecule has 2 heterocycles. The van der Waals surface area contributed by atoms with E-state index in [1.54, 1.807) is 6.07 Å². The van der Waals surface area contributed by atoms with Gasteiger partial charge in [0.25, 0.3) is 0 Å². The molecule has 1 fully saturated rings. The predicted molar refractivity (Wildman–Crippen MR) is 140 cm³/mol. The summed E-state index contributed by atoms with van der Waals surface area (Å²) in [5, 5.41) is 5.01. The highest BCUT2D eigenvalue weighted by Gasteiger charge is 2.26. The lowest BCUT2D eigenvalue weighted by atomic mass is 10.0. The number of nitrogens with zero attached hydrogens (tertiary/aromatic N) is 2. The number of benzene rings is 2. The Labute approximate surface area is 213 Å². The van der Waals surface area contributed by atoms with Crippen molar-refractivity contribution in [3.8, 4) is 11.1 Å². The first-order valence-corrected chi connectivity index (χ1v) is 12.5. The summed E-state index contributed by atoms with van der Waals surface area (Å²) >= 11 is 13.4. The molecule has 0 bridgehead atoms. The molecular formula is C25H25ClFN3O2S2. The molecule has 3 aromatic rings. The van der Waals surface area contributed by atoms with E-state index in [1.807, 2.05) is 37.3 Å². The molecule has 1 saturated heterocycles. The number of rotatable bonds is 5. The van der Waals surface area contributed by atoms with Gasteiger partial charge in [0.2, 0.25) is 0 Å². The molecule has 1 aliphatic rings. The van der Waals surface area contributed by atoms with E-state index in [-0.39, 0.29) is 5.82 Å². The molecule has 9 heteroatoms. The van der Waals surface area contributed by atoms with E-state index in [1.165, 1.54) is 30.6 Å². The van der Waals surface area contributed by atoms with Gasteiger partial charge in [-0.05, 0) is 42.4 Å². The maximum absolute atomic E-state index is 13.3. The molecule has 0 atom stereocenters. The second-order valence-corrected chi connectivity index (χ2v) is 10.0. The van der Waals surface area contributed by atoms with Gasteiger partial charge in [-0.3, -0.25) is 4.90 Å². The van der Waals surface area contributed by atoms with E-state index < -0.39 is 5.97 Å². The molecule has 0 radical (unpaired) electrons. The van der Waals surface area contributed by atoms with Gasteiger partial charge in [0, 0.05) is 48.2 Å². The standard InChI is InChI=1S/C25H25ClFN3O2S2/c1-16-21(17-6-4-3-5-7-17)22(24(31)32-2)23(34-16)28-25(33)30-12-10-29(11-13-30)15-18-8-9-19(27)14-20(18)26/h3-9,14H,10-13,15H2,1-2H3,(H,28,33). The van der Waals surface area contributed by atoms with Crippen LogP contribution in [0.3, 0.4) is 0 Å². The molecule has 5 nitrogen and oxygen atoms in total. The second kappa shape index (κ2) is 10.8. The highest BCUT2D eigenvalue weighted by Crippen LogP contribution is 2.40. The molecule has 0 saturated carbocycles. The van der Waals surface area contributed by atoms with Crippen molar-refractivity contribution in [2.75, 3.05) is 38.6 Å². The molecule has 34 heavy (non-hydrogen) atoms. The van der Waals surface area contributed by atoms with Crippen LogP contribution in [0.15, 0.2) is 48.5 Å². The Hall–Kier alpha value is -2.52. The number of thiocarbonyl (C=S) groups is 1. The third-order valence-electron chi connectivity index (χ3n) is 5.83. The van der Waals surface area contributed by atoms with Crippen molar-refractivity contribution in [3.63, 3.8) is 0 Å². The summed E-state index contributed by atoms with van der Waals surface area (Å²) in [7, 11) is 1.39. The molecule has 4 rings (SSSR count). The van der Waals surface area contributed by atoms with Crippen LogP contribution in [0.2, 0.25) is 5.02 Å². The summed E-state index contributed by atoms with van der Waals surface area (Å²) in [4.78, 5) is 18.1. The Kier molecular flexibility index (Phi) is 7.83. The fourth-order valence-corrected chi connectivity index (χ4v) is 5.70. The highest BCUT2D eigenvalue weighted by molar-refractivity contribution is 7.80. The van der Waals surface area contributed by atoms with Gasteiger partial charge in [-0.15, -0.1) is 11.3 Å². The smallest absolute Gasteiger partial charge is 0.341 e. The third-order valence-corrected chi connectivity index (χ3v) is 7.56. The number of nitrogens with one attached hydrogen (secondary N) is 1. The SMILES string of the molecule is COC(=O)c1c(NC(=S)N2CCN(Cc3ccc(F)cc3Cl)CC2)sc(C)c1-c1ccccc1. The molecule has 0 unspecified atom stereocenters. The van der Waals surface area contributed by atoms with Gasteiger partial charge in [0.15, 0.2) is 5.11 Å². The lowest BCUT2D eigenvalue weighted by Crippen LogP contribution is -2.49. The van der Waals surface area contributed by atoms with Crippen LogP contribution < -0.4 is 5.32 Å². The molecule has 178 valence electrons. The van der Waals surface area contributed by atoms with Gasteiger partial charge in [0.05, 0.1) is 7.11 Å². The van der Waals surface area contributed by atoms with Crippen LogP contribution in [0, 0.1) is 12.7 Å². The summed E-state index contributed by atoms with van der Waals surface area (Å²) in [5.41, 5.74) is 3.23. The number of aryl methyl sites for hydroxylation is 1. The van der Waals surface area contributed by atoms with Crippen LogP contribution >= 0.6 is 35.2 Å². The summed E-state index contributed by atoms with van der Waals surface area (Å²) in [6.45, 7) is 5.69. The van der Waals surface area contributed by atoms with Crippen molar-refractivity contribution >= 4 is 51.2 Å². The number of piperazine rings is 1. The van der Waals surface area contributed by atoms with Crippen LogP contribution in [-0.4, -0.2) is 54.2 Å². The number of hydrogen-bond donors (Lipinski definition) is 1. The number of methoxy groups -OCH3 is 1. The van der Waals surface area contributed by atoms with Gasteiger partial charge in [0.1, 0.15) is 16.4 Å². The van der Waals surface area contributed by atoms with E-state index in [0.29, 0.717) is 27.2 Å². The zero-order valence-electron chi connectivity index (χ0n) is 18.9. The summed E-state index contributed by atoms with van der Waals surface area (Å²) in [6.07, 6.45) is 0. The van der Waals surface area contributed by atoms with E-state index in [0.717, 1.165) is 47.7 Å². The average Bonchev–Trinajstić information content (AvgIpc) is 3.16. The number of halogens is 2. The maximum atomic E-state index is 13.3. The molecule has 1 aromatic heterocycles. The van der Waals surface area contributed by atoms with Crippen LogP contribution in [0.1, 0.15) is 20.8 Å². The summed E-state index contributed by atoms with van der Waals surface area (Å²) < 4.78 is 18.4. The van der Waals surface area contributed by atoms with Crippen LogP contribution in [0.25, 0.3) is 11.1 Å². The molecule has 1 aliphatic heterocycles. The first-order valence-electron chi connectivity index (χ1n) is 10.9. The number of hydrogen-bond acceptors (Lipinski definition) is 5. The fraction of sp³-hybridized carbons (Fsp3) is 0.280. The Bertz CT molecular complexity index is 1190. The number of carbonyl (C=O) groups is 1. The first-order chi connectivity index (χ1) is 16.4. The van der Waals surface area contributed by atoms with Crippen molar-refractivity contribution in [1.29, 1.82) is 0 Å². The van der Waals surface area contributed by atoms with Crippen LogP contribution in [0.5, 0.6) is 0 Å². The summed E-state index contributed by atoms with van der Waals surface area (Å²) in [6, 6.07) is 14.3. The number of ether oxygens (including phenoxy) is 1. The third kappa shape index (κ3) is 5.41. The number of thiophene rings is 1. The second-order valence-electron chi connectivity index (χ2n) is 8.02. The average molecular weight is 518 g/mol. The van der Waals surface area contributed by atoms with Crippen molar-refractivity contribution < 1.29 is 13.9 Å². The fourth-order valence-electron chi connectivity index (χ4n) is 4.06. The molecule has 2 aromatic carbocycles. The monoisotopic (exact) mass is 517 g/mol. The quantitative estimate of drug-likeness (QED) is 0.340. The van der Waals surface area contributed by atoms with E-state index >= 15 is 0 Å². The van der Waals surface area contributed by atoms with E-state index in [2.05, 4.69) is 15.1 Å². The number of esters is 1. The first kappa shape index (κ1) is 24.6. The predicted octanol–water partition coefficient (Wildman–Crippen LogP) is 5.82. The molecule has 0 aliphatic carbocycles. The van der Waals surface area contributed by atoms with Gasteiger partial charge >= 0.3 is 5.97 Å². The Morgan fingerprint density at radius 2 is 1.88 bits per heavy atom. The van der Waals surface area contributed by atoms with Crippen LogP contribution in [-0.2, 0) is 11.3 Å².